The van der Waals surface area contributed by atoms with Gasteiger partial charge in [-0.05, 0) is 20.0 Å². The van der Waals surface area contributed by atoms with Crippen molar-refractivity contribution in [1.29, 1.82) is 0 Å². The number of thiazole rings is 1. The normalized spacial score (nSPS) is 13.0. The van der Waals surface area contributed by atoms with Gasteiger partial charge in [-0.1, -0.05) is 11.6 Å². The van der Waals surface area contributed by atoms with Crippen LogP contribution < -0.4 is 15.4 Å². The predicted molar refractivity (Wildman–Crippen MR) is 105 cm³/mol. The van der Waals surface area contributed by atoms with Crippen molar-refractivity contribution in [2.75, 3.05) is 32.1 Å². The molecule has 0 fully saturated rings. The maximum Gasteiger partial charge on any atom is 0.573 e. The Morgan fingerprint density at radius 1 is 1.38 bits per heavy atom. The van der Waals surface area contributed by atoms with Gasteiger partial charge in [-0.2, -0.15) is 4.98 Å². The molecule has 0 amide bonds. The van der Waals surface area contributed by atoms with Crippen molar-refractivity contribution in [3.8, 4) is 16.3 Å². The molecule has 0 radical (unpaired) electrons. The van der Waals surface area contributed by atoms with Crippen LogP contribution >= 0.6 is 22.9 Å². The first-order valence-electron chi connectivity index (χ1n) is 8.60. The molecule has 2 N–H and O–H groups in total. The number of halogens is 4. The molecule has 7 nitrogen and oxygen atoms in total. The van der Waals surface area contributed by atoms with Gasteiger partial charge in [0.2, 0.25) is 0 Å². The van der Waals surface area contributed by atoms with Crippen molar-refractivity contribution < 1.29 is 27.1 Å². The SMILES string of the molecule is CCOCC(CNc1nc2c(OC(F)(F)F)c(Cl)cc(-c3nccs3)c2o1)NC. The van der Waals surface area contributed by atoms with Crippen LogP contribution in [0.5, 0.6) is 5.75 Å². The van der Waals surface area contributed by atoms with E-state index in [1.54, 1.807) is 18.6 Å². The van der Waals surface area contributed by atoms with Gasteiger partial charge in [-0.3, -0.25) is 0 Å². The molecule has 0 aliphatic carbocycles. The van der Waals surface area contributed by atoms with E-state index in [1.807, 2.05) is 6.92 Å². The summed E-state index contributed by atoms with van der Waals surface area (Å²) in [5.41, 5.74) is 0.375. The molecule has 12 heteroatoms. The number of fused-ring (bicyclic) bond motifs is 1. The van der Waals surface area contributed by atoms with Gasteiger partial charge in [0.15, 0.2) is 16.8 Å². The van der Waals surface area contributed by atoms with Gasteiger partial charge in [0, 0.05) is 30.8 Å². The first kappa shape index (κ1) is 21.6. The van der Waals surface area contributed by atoms with Crippen LogP contribution in [0.15, 0.2) is 22.1 Å². The second-order valence-corrected chi connectivity index (χ2v) is 7.14. The van der Waals surface area contributed by atoms with Crippen LogP contribution in [0.25, 0.3) is 21.7 Å². The first-order chi connectivity index (χ1) is 13.8. The van der Waals surface area contributed by atoms with Gasteiger partial charge in [0.05, 0.1) is 17.2 Å². The summed E-state index contributed by atoms with van der Waals surface area (Å²) in [6.07, 6.45) is -3.36. The lowest BCUT2D eigenvalue weighted by Crippen LogP contribution is -2.37. The summed E-state index contributed by atoms with van der Waals surface area (Å²) in [7, 11) is 1.77. The Balaban J connectivity index is 1.98. The smallest absolute Gasteiger partial charge is 0.423 e. The van der Waals surface area contributed by atoms with E-state index in [9.17, 15) is 13.2 Å². The summed E-state index contributed by atoms with van der Waals surface area (Å²) in [6, 6.07) is 1.30. The average molecular weight is 451 g/mol. The summed E-state index contributed by atoms with van der Waals surface area (Å²) in [4.78, 5) is 8.31. The first-order valence-corrected chi connectivity index (χ1v) is 9.85. The molecule has 0 spiro atoms. The second kappa shape index (κ2) is 9.16. The molecule has 1 aromatic carbocycles. The lowest BCUT2D eigenvalue weighted by atomic mass is 10.2. The van der Waals surface area contributed by atoms with Crippen molar-refractivity contribution in [1.82, 2.24) is 15.3 Å². The van der Waals surface area contributed by atoms with Crippen molar-refractivity contribution in [3.05, 3.63) is 22.7 Å². The minimum Gasteiger partial charge on any atom is -0.423 e. The summed E-state index contributed by atoms with van der Waals surface area (Å²) < 4.78 is 53.8. The topological polar surface area (TPSA) is 81.4 Å². The highest BCUT2D eigenvalue weighted by molar-refractivity contribution is 7.13. The molecule has 158 valence electrons. The Kier molecular flexibility index (Phi) is 6.83. The Labute approximate surface area is 173 Å². The Hall–Kier alpha value is -2.08. The Bertz CT molecular complexity index is 950. The van der Waals surface area contributed by atoms with Gasteiger partial charge >= 0.3 is 6.36 Å². The predicted octanol–water partition coefficient (Wildman–Crippen LogP) is 4.54. The molecule has 3 aromatic rings. The van der Waals surface area contributed by atoms with E-state index in [2.05, 4.69) is 25.3 Å². The van der Waals surface area contributed by atoms with Gasteiger partial charge in [0.1, 0.15) is 5.01 Å². The van der Waals surface area contributed by atoms with Gasteiger partial charge in [0.25, 0.3) is 6.01 Å². The number of rotatable bonds is 9. The van der Waals surface area contributed by atoms with Crippen LogP contribution in [-0.2, 0) is 4.74 Å². The van der Waals surface area contributed by atoms with Crippen LogP contribution in [0.2, 0.25) is 5.02 Å². The highest BCUT2D eigenvalue weighted by Crippen LogP contribution is 2.43. The molecule has 0 bridgehead atoms. The molecular formula is C17H18ClF3N4O3S. The molecular weight excluding hydrogens is 433 g/mol. The van der Waals surface area contributed by atoms with E-state index >= 15 is 0 Å². The molecule has 1 atom stereocenters. The number of ether oxygens (including phenoxy) is 2. The number of nitrogens with zero attached hydrogens (tertiary/aromatic N) is 2. The van der Waals surface area contributed by atoms with Crippen LogP contribution in [0.4, 0.5) is 19.2 Å². The molecule has 1 unspecified atom stereocenters. The fourth-order valence-electron chi connectivity index (χ4n) is 2.55. The van der Waals surface area contributed by atoms with E-state index in [1.165, 1.54) is 17.4 Å². The minimum absolute atomic E-state index is 0.0313. The number of nitrogens with one attached hydrogen (secondary N) is 2. The lowest BCUT2D eigenvalue weighted by molar-refractivity contribution is -0.274. The molecule has 2 heterocycles. The Morgan fingerprint density at radius 3 is 2.79 bits per heavy atom. The number of likely N-dealkylation sites (N-methyl/N-ethyl adjacent to an activating group) is 1. The summed E-state index contributed by atoms with van der Waals surface area (Å²) in [6.45, 7) is 3.26. The highest BCUT2D eigenvalue weighted by atomic mass is 35.5. The maximum absolute atomic E-state index is 12.9. The van der Waals surface area contributed by atoms with E-state index in [4.69, 9.17) is 20.8 Å². The Morgan fingerprint density at radius 2 is 2.17 bits per heavy atom. The average Bonchev–Trinajstić information content (AvgIpc) is 3.33. The van der Waals surface area contributed by atoms with Crippen LogP contribution in [0, 0.1) is 0 Å². The summed E-state index contributed by atoms with van der Waals surface area (Å²) in [5.74, 6) is -0.620. The summed E-state index contributed by atoms with van der Waals surface area (Å²) >= 11 is 7.36. The summed E-state index contributed by atoms with van der Waals surface area (Å²) in [5, 5.41) is 8.04. The van der Waals surface area contributed by atoms with Crippen molar-refractivity contribution in [2.45, 2.75) is 19.3 Å². The molecule has 2 aromatic heterocycles. The zero-order valence-corrected chi connectivity index (χ0v) is 17.0. The molecule has 3 rings (SSSR count). The number of anilines is 1. The fourth-order valence-corrected chi connectivity index (χ4v) is 3.43. The number of hydrogen-bond acceptors (Lipinski definition) is 8. The largest absolute Gasteiger partial charge is 0.573 e. The monoisotopic (exact) mass is 450 g/mol. The third-order valence-corrected chi connectivity index (χ3v) is 4.97. The van der Waals surface area contributed by atoms with Crippen LogP contribution in [0.1, 0.15) is 6.92 Å². The molecule has 0 aliphatic rings. The second-order valence-electron chi connectivity index (χ2n) is 5.84. The van der Waals surface area contributed by atoms with Crippen molar-refractivity contribution in [2.24, 2.45) is 0 Å². The molecule has 0 saturated heterocycles. The van der Waals surface area contributed by atoms with E-state index in [0.717, 1.165) is 0 Å². The number of alkyl halides is 3. The van der Waals surface area contributed by atoms with Gasteiger partial charge in [-0.25, -0.2) is 4.98 Å². The highest BCUT2D eigenvalue weighted by Gasteiger charge is 2.34. The lowest BCUT2D eigenvalue weighted by Gasteiger charge is -2.15. The zero-order chi connectivity index (χ0) is 21.0. The quantitative estimate of drug-likeness (QED) is 0.495. The maximum atomic E-state index is 12.9. The van der Waals surface area contributed by atoms with E-state index in [-0.39, 0.29) is 28.2 Å². The number of oxazole rings is 1. The van der Waals surface area contributed by atoms with Gasteiger partial charge in [-0.15, -0.1) is 24.5 Å². The molecule has 29 heavy (non-hydrogen) atoms. The van der Waals surface area contributed by atoms with E-state index < -0.39 is 12.1 Å². The van der Waals surface area contributed by atoms with Crippen molar-refractivity contribution in [3.63, 3.8) is 0 Å². The van der Waals surface area contributed by atoms with Crippen LogP contribution in [-0.4, -0.2) is 49.2 Å². The molecule has 0 saturated carbocycles. The molecule has 0 aliphatic heterocycles. The number of hydrogen-bond donors (Lipinski definition) is 2. The van der Waals surface area contributed by atoms with E-state index in [0.29, 0.717) is 30.3 Å². The standard InChI is InChI=1S/C17H18ClF3N4O3S/c1-3-26-8-9(22-2)7-24-16-25-12-13(27-16)10(15-23-4-5-29-15)6-11(18)14(12)28-17(19,20)21/h4-6,9,22H,3,7-8H2,1-2H3,(H,24,25). The third kappa shape index (κ3) is 5.30. The van der Waals surface area contributed by atoms with Crippen LogP contribution in [0.3, 0.4) is 0 Å². The fraction of sp³-hybridized carbons (Fsp3) is 0.412. The number of aromatic nitrogens is 2. The van der Waals surface area contributed by atoms with Gasteiger partial charge < -0.3 is 24.5 Å². The number of benzene rings is 1. The third-order valence-electron chi connectivity index (χ3n) is 3.89. The zero-order valence-electron chi connectivity index (χ0n) is 15.5. The minimum atomic E-state index is -4.93. The van der Waals surface area contributed by atoms with Crippen molar-refractivity contribution >= 4 is 40.1 Å².